The number of rotatable bonds is 2. The van der Waals surface area contributed by atoms with Crippen LogP contribution >= 0.6 is 11.6 Å². The first-order chi connectivity index (χ1) is 15.2. The maximum Gasteiger partial charge on any atom is 0.416 e. The highest BCUT2D eigenvalue weighted by molar-refractivity contribution is 6.68. The lowest BCUT2D eigenvalue weighted by atomic mass is 10.1. The number of benzene rings is 2. The number of aliphatic imine (C=N–C) groups is 1. The average Bonchev–Trinajstić information content (AvgIpc) is 2.70. The molecule has 0 aromatic heterocycles. The zero-order valence-corrected chi connectivity index (χ0v) is 17.7. The molecule has 9 heteroatoms. The molecule has 1 unspecified atom stereocenters. The molecule has 32 heavy (non-hydrogen) atoms. The van der Waals surface area contributed by atoms with Crippen molar-refractivity contribution < 1.29 is 22.7 Å². The van der Waals surface area contributed by atoms with E-state index in [0.717, 1.165) is 18.6 Å². The van der Waals surface area contributed by atoms with Crippen molar-refractivity contribution in [3.8, 4) is 5.75 Å². The summed E-state index contributed by atoms with van der Waals surface area (Å²) in [5, 5.41) is 6.02. The molecular weight excluding hydrogens is 443 g/mol. The molecule has 2 aliphatic heterocycles. The van der Waals surface area contributed by atoms with Crippen molar-refractivity contribution in [1.82, 2.24) is 5.32 Å². The summed E-state index contributed by atoms with van der Waals surface area (Å²) in [7, 11) is 0. The lowest BCUT2D eigenvalue weighted by Gasteiger charge is -2.25. The molecule has 2 aromatic carbocycles. The lowest BCUT2D eigenvalue weighted by molar-refractivity contribution is -0.137. The fourth-order valence-corrected chi connectivity index (χ4v) is 3.56. The smallest absolute Gasteiger partial charge is 0.416 e. The van der Waals surface area contributed by atoms with E-state index < -0.39 is 23.9 Å². The second-order valence-corrected chi connectivity index (χ2v) is 7.95. The fraction of sp³-hybridized carbons (Fsp3) is 0.217. The molecule has 0 saturated heterocycles. The van der Waals surface area contributed by atoms with Gasteiger partial charge in [-0.05, 0) is 54.8 Å². The summed E-state index contributed by atoms with van der Waals surface area (Å²) in [5.41, 5.74) is -0.131. The minimum atomic E-state index is -4.64. The van der Waals surface area contributed by atoms with Gasteiger partial charge in [-0.1, -0.05) is 36.7 Å². The van der Waals surface area contributed by atoms with Crippen molar-refractivity contribution in [1.29, 1.82) is 0 Å². The van der Waals surface area contributed by atoms with E-state index in [-0.39, 0.29) is 22.4 Å². The highest BCUT2D eigenvalue weighted by Gasteiger charge is 2.33. The van der Waals surface area contributed by atoms with Gasteiger partial charge in [-0.2, -0.15) is 13.2 Å². The number of carbonyl (C=O) groups excluding carboxylic acids is 1. The van der Waals surface area contributed by atoms with Crippen molar-refractivity contribution in [3.63, 3.8) is 0 Å². The number of halogens is 4. The normalized spacial score (nSPS) is 25.0. The van der Waals surface area contributed by atoms with Crippen LogP contribution in [0.5, 0.6) is 5.75 Å². The molecule has 5 nitrogen and oxygen atoms in total. The minimum Gasteiger partial charge on any atom is -0.466 e. The van der Waals surface area contributed by atoms with E-state index in [1.165, 1.54) is 6.07 Å². The van der Waals surface area contributed by atoms with Crippen molar-refractivity contribution in [2.24, 2.45) is 10.9 Å². The monoisotopic (exact) mass is 461 g/mol. The van der Waals surface area contributed by atoms with Crippen molar-refractivity contribution in [2.75, 3.05) is 5.32 Å². The molecule has 0 radical (unpaired) electrons. The van der Waals surface area contributed by atoms with Gasteiger partial charge in [0.1, 0.15) is 16.7 Å². The third kappa shape index (κ3) is 5.13. The standard InChI is InChI=1S/C23H19ClF3N3O2/c1-13-4-2-7-19(24)29-20(8-13)30-22-14-5-3-6-17(10-14)28-21(31)15-9-16(23(25,26)27)12-18(11-15)32-22/h2-3,5-13,22,30H,4H2,1H3,(H,28,31)/b7-2+,20-8+,29-19-/t13?,22-/m0/s1. The molecule has 0 saturated carbocycles. The predicted octanol–water partition coefficient (Wildman–Crippen LogP) is 6.01. The quantitative estimate of drug-likeness (QED) is 0.575. The van der Waals surface area contributed by atoms with Gasteiger partial charge in [0.15, 0.2) is 6.23 Å². The Morgan fingerprint density at radius 1 is 1.22 bits per heavy atom. The first-order valence-electron chi connectivity index (χ1n) is 9.87. The highest BCUT2D eigenvalue weighted by Crippen LogP contribution is 2.35. The Morgan fingerprint density at radius 3 is 2.81 bits per heavy atom. The highest BCUT2D eigenvalue weighted by atomic mass is 35.5. The molecule has 4 bridgehead atoms. The minimum absolute atomic E-state index is 0.107. The van der Waals surface area contributed by atoms with Crippen LogP contribution in [0.4, 0.5) is 18.9 Å². The van der Waals surface area contributed by atoms with Crippen molar-refractivity contribution >= 4 is 28.4 Å². The Balaban J connectivity index is 1.78. The van der Waals surface area contributed by atoms with Crippen LogP contribution in [0.1, 0.15) is 41.1 Å². The summed E-state index contributed by atoms with van der Waals surface area (Å²) in [5.74, 6) is -0.198. The summed E-state index contributed by atoms with van der Waals surface area (Å²) in [6.07, 6.45) is 0.697. The van der Waals surface area contributed by atoms with Crippen molar-refractivity contribution in [3.05, 3.63) is 83.2 Å². The molecule has 2 heterocycles. The number of alkyl halides is 3. The number of amides is 1. The maximum absolute atomic E-state index is 13.4. The number of anilines is 1. The Kier molecular flexibility index (Phi) is 5.97. The summed E-state index contributed by atoms with van der Waals surface area (Å²) >= 11 is 6.14. The molecule has 0 spiro atoms. The van der Waals surface area contributed by atoms with Gasteiger partial charge in [-0.25, -0.2) is 4.99 Å². The largest absolute Gasteiger partial charge is 0.466 e. The number of allylic oxidation sites excluding steroid dienone is 3. The van der Waals surface area contributed by atoms with Crippen molar-refractivity contribution in [2.45, 2.75) is 25.7 Å². The second kappa shape index (κ2) is 8.70. The Hall–Kier alpha value is -3.26. The summed E-state index contributed by atoms with van der Waals surface area (Å²) in [6, 6.07) is 9.72. The first kappa shape index (κ1) is 22.0. The lowest BCUT2D eigenvalue weighted by Crippen LogP contribution is -2.27. The van der Waals surface area contributed by atoms with Crippen LogP contribution in [0.3, 0.4) is 0 Å². The Morgan fingerprint density at radius 2 is 2.03 bits per heavy atom. The van der Waals surface area contributed by atoms with Crippen LogP contribution < -0.4 is 15.4 Å². The van der Waals surface area contributed by atoms with Gasteiger partial charge in [0.25, 0.3) is 5.91 Å². The Bertz CT molecular complexity index is 1140. The number of hydrogen-bond acceptors (Lipinski definition) is 4. The molecule has 0 aliphatic carbocycles. The van der Waals surface area contributed by atoms with Gasteiger partial charge in [-0.3, -0.25) is 4.79 Å². The molecule has 2 atom stereocenters. The van der Waals surface area contributed by atoms with Crippen LogP contribution in [0.2, 0.25) is 0 Å². The molecule has 2 N–H and O–H groups in total. The molecule has 0 fully saturated rings. The number of nitrogens with one attached hydrogen (secondary N) is 2. The second-order valence-electron chi connectivity index (χ2n) is 7.57. The third-order valence-electron chi connectivity index (χ3n) is 4.91. The van der Waals surface area contributed by atoms with Crippen LogP contribution in [-0.4, -0.2) is 11.1 Å². The molecule has 2 aromatic rings. The van der Waals surface area contributed by atoms with E-state index in [1.807, 2.05) is 19.1 Å². The van der Waals surface area contributed by atoms with Gasteiger partial charge in [0.05, 0.1) is 5.56 Å². The summed E-state index contributed by atoms with van der Waals surface area (Å²) in [4.78, 5) is 16.9. The van der Waals surface area contributed by atoms with Gasteiger partial charge in [0.2, 0.25) is 0 Å². The SMILES string of the molecule is CC1\C=C(N[C@H]2Oc3cc(cc(C(F)(F)F)c3)C(=O)Nc3cccc2c3)/N=C(Cl)/C=C/C1. The molecular formula is C23H19ClF3N3O2. The van der Waals surface area contributed by atoms with Gasteiger partial charge in [-0.15, -0.1) is 0 Å². The number of ether oxygens (including phenoxy) is 1. The van der Waals surface area contributed by atoms with E-state index in [1.54, 1.807) is 30.3 Å². The van der Waals surface area contributed by atoms with E-state index in [2.05, 4.69) is 15.6 Å². The van der Waals surface area contributed by atoms with E-state index >= 15 is 0 Å². The number of nitrogens with zero attached hydrogens (tertiary/aromatic N) is 1. The summed E-state index contributed by atoms with van der Waals surface area (Å²) < 4.78 is 46.2. The molecule has 4 rings (SSSR count). The predicted molar refractivity (Wildman–Crippen MR) is 117 cm³/mol. The molecule has 2 aliphatic rings. The van der Waals surface area contributed by atoms with Crippen LogP contribution in [0.25, 0.3) is 0 Å². The van der Waals surface area contributed by atoms with E-state index in [4.69, 9.17) is 16.3 Å². The zero-order chi connectivity index (χ0) is 22.9. The van der Waals surface area contributed by atoms with Gasteiger partial charge >= 0.3 is 6.18 Å². The Labute approximate surface area is 187 Å². The number of carbonyl (C=O) groups is 1. The topological polar surface area (TPSA) is 62.7 Å². The third-order valence-corrected chi connectivity index (χ3v) is 5.12. The van der Waals surface area contributed by atoms with E-state index in [0.29, 0.717) is 17.1 Å². The molecule has 166 valence electrons. The fourth-order valence-electron chi connectivity index (χ4n) is 3.38. The molecule has 1 amide bonds. The van der Waals surface area contributed by atoms with Gasteiger partial charge in [0, 0.05) is 16.8 Å². The number of fused-ring (bicyclic) bond motifs is 4. The number of hydrogen-bond donors (Lipinski definition) is 2. The maximum atomic E-state index is 13.4. The van der Waals surface area contributed by atoms with Crippen LogP contribution in [-0.2, 0) is 6.18 Å². The van der Waals surface area contributed by atoms with E-state index in [9.17, 15) is 18.0 Å². The van der Waals surface area contributed by atoms with Crippen LogP contribution in [0, 0.1) is 5.92 Å². The summed E-state index contributed by atoms with van der Waals surface area (Å²) in [6.45, 7) is 2.00. The van der Waals surface area contributed by atoms with Gasteiger partial charge < -0.3 is 15.4 Å². The first-order valence-corrected chi connectivity index (χ1v) is 10.2. The zero-order valence-electron chi connectivity index (χ0n) is 16.9. The average molecular weight is 462 g/mol. The van der Waals surface area contributed by atoms with Crippen LogP contribution in [0.15, 0.2) is 71.5 Å².